The fourth-order valence-electron chi connectivity index (χ4n) is 1.83. The van der Waals surface area contributed by atoms with Crippen molar-refractivity contribution < 1.29 is 17.9 Å². The van der Waals surface area contributed by atoms with E-state index in [4.69, 9.17) is 23.2 Å². The van der Waals surface area contributed by atoms with Gasteiger partial charge >= 0.3 is 6.36 Å². The SMILES string of the molecule is CC1=C(Cl)C(Cl)=Nc2ccc(OC(F)(F)F)cc2CC1. The highest BCUT2D eigenvalue weighted by Gasteiger charge is 2.31. The number of aliphatic imine (C=N–C) groups is 1. The molecule has 0 saturated heterocycles. The highest BCUT2D eigenvalue weighted by atomic mass is 35.5. The number of alkyl halides is 3. The molecule has 0 saturated carbocycles. The van der Waals surface area contributed by atoms with Crippen LogP contribution in [0, 0.1) is 0 Å². The summed E-state index contributed by atoms with van der Waals surface area (Å²) >= 11 is 12.0. The molecule has 0 N–H and O–H groups in total. The molecule has 0 aliphatic carbocycles. The molecule has 2 rings (SSSR count). The number of hydrogen-bond donors (Lipinski definition) is 0. The monoisotopic (exact) mass is 323 g/mol. The van der Waals surface area contributed by atoms with Crippen LogP contribution in [0.1, 0.15) is 18.9 Å². The molecule has 7 heteroatoms. The van der Waals surface area contributed by atoms with Crippen molar-refractivity contribution in [2.24, 2.45) is 4.99 Å². The Labute approximate surface area is 123 Å². The Balaban J connectivity index is 2.38. The summed E-state index contributed by atoms with van der Waals surface area (Å²) in [6.07, 6.45) is -3.61. The van der Waals surface area contributed by atoms with Gasteiger partial charge in [-0.2, -0.15) is 0 Å². The number of allylic oxidation sites excluding steroid dienone is 2. The number of benzene rings is 1. The van der Waals surface area contributed by atoms with E-state index in [1.54, 1.807) is 6.92 Å². The molecule has 0 fully saturated rings. The van der Waals surface area contributed by atoms with E-state index in [0.717, 1.165) is 5.57 Å². The van der Waals surface area contributed by atoms with Crippen LogP contribution in [0.25, 0.3) is 0 Å². The van der Waals surface area contributed by atoms with Crippen molar-refractivity contribution in [3.05, 3.63) is 34.4 Å². The number of hydrogen-bond acceptors (Lipinski definition) is 2. The van der Waals surface area contributed by atoms with Gasteiger partial charge in [-0.25, -0.2) is 4.99 Å². The third-order valence-corrected chi connectivity index (χ3v) is 3.70. The van der Waals surface area contributed by atoms with Gasteiger partial charge in [-0.15, -0.1) is 13.2 Å². The Bertz CT molecular complexity index is 594. The van der Waals surface area contributed by atoms with Crippen LogP contribution in [0.4, 0.5) is 18.9 Å². The minimum absolute atomic E-state index is 0.134. The normalized spacial score (nSPS) is 16.2. The molecule has 0 amide bonds. The maximum atomic E-state index is 12.2. The fraction of sp³-hybridized carbons (Fsp3) is 0.308. The maximum Gasteiger partial charge on any atom is 0.573 e. The molecule has 1 heterocycles. The van der Waals surface area contributed by atoms with Gasteiger partial charge in [0, 0.05) is 0 Å². The zero-order chi connectivity index (χ0) is 14.9. The highest BCUT2D eigenvalue weighted by Crippen LogP contribution is 2.33. The van der Waals surface area contributed by atoms with Gasteiger partial charge in [-0.05, 0) is 43.5 Å². The molecule has 0 aromatic heterocycles. The van der Waals surface area contributed by atoms with E-state index in [1.165, 1.54) is 18.2 Å². The molecule has 1 aliphatic heterocycles. The van der Waals surface area contributed by atoms with Crippen LogP contribution in [0.3, 0.4) is 0 Å². The van der Waals surface area contributed by atoms with Crippen molar-refractivity contribution in [2.75, 3.05) is 0 Å². The topological polar surface area (TPSA) is 21.6 Å². The summed E-state index contributed by atoms with van der Waals surface area (Å²) in [5.74, 6) is -0.268. The van der Waals surface area contributed by atoms with Crippen molar-refractivity contribution in [1.29, 1.82) is 0 Å². The molecule has 0 atom stereocenters. The predicted molar refractivity (Wildman–Crippen MR) is 72.9 cm³/mol. The molecule has 2 nitrogen and oxygen atoms in total. The van der Waals surface area contributed by atoms with E-state index in [0.29, 0.717) is 29.1 Å². The van der Waals surface area contributed by atoms with Crippen LogP contribution in [-0.4, -0.2) is 11.5 Å². The fourth-order valence-corrected chi connectivity index (χ4v) is 2.22. The Kier molecular flexibility index (Phi) is 4.30. The van der Waals surface area contributed by atoms with E-state index < -0.39 is 6.36 Å². The van der Waals surface area contributed by atoms with Crippen LogP contribution in [0.15, 0.2) is 33.8 Å². The van der Waals surface area contributed by atoms with Crippen LogP contribution in [-0.2, 0) is 6.42 Å². The van der Waals surface area contributed by atoms with E-state index in [1.807, 2.05) is 0 Å². The predicted octanol–water partition coefficient (Wildman–Crippen LogP) is 5.31. The van der Waals surface area contributed by atoms with Gasteiger partial charge in [0.2, 0.25) is 0 Å². The molecule has 0 radical (unpaired) electrons. The first kappa shape index (κ1) is 15.2. The second kappa shape index (κ2) is 5.66. The molecule has 1 aromatic carbocycles. The van der Waals surface area contributed by atoms with Crippen molar-refractivity contribution in [3.63, 3.8) is 0 Å². The second-order valence-electron chi connectivity index (χ2n) is 4.34. The second-order valence-corrected chi connectivity index (χ2v) is 5.07. The van der Waals surface area contributed by atoms with Gasteiger partial charge in [-0.3, -0.25) is 0 Å². The van der Waals surface area contributed by atoms with Gasteiger partial charge in [0.15, 0.2) is 0 Å². The molecule has 1 aliphatic rings. The van der Waals surface area contributed by atoms with Crippen molar-refractivity contribution >= 4 is 34.1 Å². The molecule has 0 spiro atoms. The summed E-state index contributed by atoms with van der Waals surface area (Å²) in [5.41, 5.74) is 1.97. The molecule has 20 heavy (non-hydrogen) atoms. The molecular formula is C13H10Cl2F3NO. The summed E-state index contributed by atoms with van der Waals surface area (Å²) in [6.45, 7) is 1.81. The first-order chi connectivity index (χ1) is 9.26. The summed E-state index contributed by atoms with van der Waals surface area (Å²) in [4.78, 5) is 4.12. The molecule has 108 valence electrons. The van der Waals surface area contributed by atoms with E-state index >= 15 is 0 Å². The minimum atomic E-state index is -4.71. The van der Waals surface area contributed by atoms with Crippen LogP contribution < -0.4 is 4.74 Å². The highest BCUT2D eigenvalue weighted by molar-refractivity contribution is 6.76. The number of aryl methyl sites for hydroxylation is 1. The zero-order valence-corrected chi connectivity index (χ0v) is 11.9. The van der Waals surface area contributed by atoms with Crippen LogP contribution in [0.2, 0.25) is 0 Å². The lowest BCUT2D eigenvalue weighted by Gasteiger charge is -2.14. The smallest absolute Gasteiger partial charge is 0.406 e. The molecular weight excluding hydrogens is 314 g/mol. The molecule has 0 bridgehead atoms. The van der Waals surface area contributed by atoms with Gasteiger partial charge in [0.1, 0.15) is 10.9 Å². The summed E-state index contributed by atoms with van der Waals surface area (Å²) in [7, 11) is 0. The van der Waals surface area contributed by atoms with Crippen molar-refractivity contribution in [3.8, 4) is 5.75 Å². The third kappa shape index (κ3) is 3.67. The number of halogens is 5. The summed E-state index contributed by atoms with van der Waals surface area (Å²) in [6, 6.07) is 3.96. The van der Waals surface area contributed by atoms with Crippen LogP contribution >= 0.6 is 23.2 Å². The van der Waals surface area contributed by atoms with Crippen LogP contribution in [0.5, 0.6) is 5.75 Å². The van der Waals surface area contributed by atoms with Crippen molar-refractivity contribution in [1.82, 2.24) is 0 Å². The molecule has 1 aromatic rings. The van der Waals surface area contributed by atoms with Gasteiger partial charge in [0.05, 0.1) is 10.7 Å². The lowest BCUT2D eigenvalue weighted by Crippen LogP contribution is -2.17. The Hall–Kier alpha value is -1.20. The maximum absolute atomic E-state index is 12.2. The van der Waals surface area contributed by atoms with E-state index in [2.05, 4.69) is 9.73 Å². The minimum Gasteiger partial charge on any atom is -0.406 e. The number of fused-ring (bicyclic) bond motifs is 1. The lowest BCUT2D eigenvalue weighted by atomic mass is 10.0. The number of ether oxygens (including phenoxy) is 1. The van der Waals surface area contributed by atoms with Gasteiger partial charge < -0.3 is 4.74 Å². The average molecular weight is 324 g/mol. The quantitative estimate of drug-likeness (QED) is 0.686. The number of nitrogens with zero attached hydrogens (tertiary/aromatic N) is 1. The van der Waals surface area contributed by atoms with Gasteiger partial charge in [-0.1, -0.05) is 28.8 Å². The third-order valence-electron chi connectivity index (χ3n) is 2.83. The van der Waals surface area contributed by atoms with E-state index in [9.17, 15) is 13.2 Å². The number of rotatable bonds is 1. The first-order valence-electron chi connectivity index (χ1n) is 5.75. The van der Waals surface area contributed by atoms with Gasteiger partial charge in [0.25, 0.3) is 0 Å². The lowest BCUT2D eigenvalue weighted by molar-refractivity contribution is -0.274. The van der Waals surface area contributed by atoms with Crippen molar-refractivity contribution in [2.45, 2.75) is 26.1 Å². The van der Waals surface area contributed by atoms with E-state index in [-0.39, 0.29) is 10.9 Å². The zero-order valence-electron chi connectivity index (χ0n) is 10.4. The Morgan fingerprint density at radius 3 is 2.55 bits per heavy atom. The Morgan fingerprint density at radius 2 is 1.90 bits per heavy atom. The average Bonchev–Trinajstić information content (AvgIpc) is 2.34. The summed E-state index contributed by atoms with van der Waals surface area (Å²) in [5, 5.41) is 0.516. The standard InChI is InChI=1S/C13H10Cl2F3NO/c1-7-2-3-8-6-9(20-13(16,17)18)4-5-10(8)19-12(15)11(7)14/h4-6H,2-3H2,1H3. The Morgan fingerprint density at radius 1 is 1.20 bits per heavy atom. The molecule has 0 unspecified atom stereocenters. The summed E-state index contributed by atoms with van der Waals surface area (Å²) < 4.78 is 40.5. The largest absolute Gasteiger partial charge is 0.573 e. The first-order valence-corrected chi connectivity index (χ1v) is 6.50.